The summed E-state index contributed by atoms with van der Waals surface area (Å²) in [7, 11) is 1.42. The average Bonchev–Trinajstić information content (AvgIpc) is 2.97. The van der Waals surface area contributed by atoms with Crippen molar-refractivity contribution in [2.45, 2.75) is 116 Å². The Morgan fingerprint density at radius 3 is 2.46 bits per heavy atom. The Kier molecular flexibility index (Phi) is 14.1. The van der Waals surface area contributed by atoms with Gasteiger partial charge in [-0.05, 0) is 43.9 Å². The van der Waals surface area contributed by atoms with Crippen LogP contribution in [0.1, 0.15) is 78.1 Å². The highest BCUT2D eigenvalue weighted by molar-refractivity contribution is 7.09. The van der Waals surface area contributed by atoms with E-state index in [0.29, 0.717) is 19.3 Å². The number of halogens is 1. The molecule has 1 saturated carbocycles. The lowest BCUT2D eigenvalue weighted by Gasteiger charge is -2.26. The van der Waals surface area contributed by atoms with Crippen LogP contribution in [0.25, 0.3) is 0 Å². The molecule has 0 aromatic rings. The fourth-order valence-corrected chi connectivity index (χ4v) is 5.47. The van der Waals surface area contributed by atoms with Crippen molar-refractivity contribution in [1.29, 1.82) is 0 Å². The summed E-state index contributed by atoms with van der Waals surface area (Å²) < 4.78 is 26.4. The van der Waals surface area contributed by atoms with Crippen LogP contribution in [0.2, 0.25) is 13.1 Å². The summed E-state index contributed by atoms with van der Waals surface area (Å²) in [6.07, 6.45) is 12.0. The van der Waals surface area contributed by atoms with Gasteiger partial charge in [0.15, 0.2) is 0 Å². The first-order valence-electron chi connectivity index (χ1n) is 11.2. The van der Waals surface area contributed by atoms with Crippen LogP contribution < -0.4 is 0 Å². The lowest BCUT2D eigenvalue weighted by Crippen LogP contribution is -2.32. The molecule has 0 aliphatic heterocycles. The molecular weight excluding hydrogens is 390 g/mol. The molecule has 164 valence electrons. The first-order chi connectivity index (χ1) is 13.4. The van der Waals surface area contributed by atoms with E-state index in [1.165, 1.54) is 12.8 Å². The second-order valence-electron chi connectivity index (χ2n) is 8.45. The number of aliphatic hydroxyl groups excluding tert-OH is 1. The number of unbranched alkanes of at least 4 members (excludes halogenated alkanes) is 3. The normalized spacial score (nSPS) is 27.4. The quantitative estimate of drug-likeness (QED) is 0.144. The molecule has 1 aliphatic rings. The summed E-state index contributed by atoms with van der Waals surface area (Å²) in [5, 5.41) is 10.6. The van der Waals surface area contributed by atoms with Crippen molar-refractivity contribution in [2.24, 2.45) is 11.8 Å². The fraction of sp³-hybridized carbons (Fsp3) is 0.909. The first-order valence-corrected chi connectivity index (χ1v) is 14.1. The van der Waals surface area contributed by atoms with Crippen molar-refractivity contribution in [3.8, 4) is 0 Å². The zero-order valence-electron chi connectivity index (χ0n) is 18.4. The standard InChI is InChI=1S/C22H43FO3PSi/c1-5-7-9-10-11-12-17-18(22(25-27)16-20(17)24)14-15-21(26-28(3)4)19(23)13-8-6-2/h10-11,17-22,24H,5-9,12-16,27H2,1-4H3/q+1/b11-10-/t17?,18-,19?,20?,21?,22?/m1/s1. The SMILES string of the molecule is CCCC/C=C\CC1C(O)CC(OP)[C@@H]1CCC(O[Si+](C)C)C(F)CCCC. The van der Waals surface area contributed by atoms with Gasteiger partial charge in [0.05, 0.1) is 25.3 Å². The Hall–Kier alpha value is 0.197. The second kappa shape index (κ2) is 15.1. The molecule has 28 heavy (non-hydrogen) atoms. The Morgan fingerprint density at radius 1 is 1.14 bits per heavy atom. The summed E-state index contributed by atoms with van der Waals surface area (Å²) in [6.45, 7) is 8.43. The van der Waals surface area contributed by atoms with Crippen LogP contribution >= 0.6 is 9.47 Å². The number of rotatable bonds is 15. The summed E-state index contributed by atoms with van der Waals surface area (Å²) in [5.41, 5.74) is 0. The van der Waals surface area contributed by atoms with Crippen LogP contribution in [0, 0.1) is 11.8 Å². The Labute approximate surface area is 176 Å². The molecule has 3 nitrogen and oxygen atoms in total. The van der Waals surface area contributed by atoms with Gasteiger partial charge in [-0.3, -0.25) is 0 Å². The Morgan fingerprint density at radius 2 is 1.86 bits per heavy atom. The summed E-state index contributed by atoms with van der Waals surface area (Å²) >= 11 is 0. The minimum atomic E-state index is -0.949. The van der Waals surface area contributed by atoms with E-state index in [9.17, 15) is 9.50 Å². The average molecular weight is 434 g/mol. The van der Waals surface area contributed by atoms with Crippen molar-refractivity contribution >= 4 is 18.5 Å². The number of hydrogen-bond acceptors (Lipinski definition) is 3. The molecular formula is C22H43FO3PSi+. The molecule has 0 aromatic carbocycles. The van der Waals surface area contributed by atoms with Crippen LogP contribution in [0.15, 0.2) is 12.2 Å². The third-order valence-electron chi connectivity index (χ3n) is 5.88. The van der Waals surface area contributed by atoms with Gasteiger partial charge >= 0.3 is 9.04 Å². The summed E-state index contributed by atoms with van der Waals surface area (Å²) in [4.78, 5) is 0. The lowest BCUT2D eigenvalue weighted by molar-refractivity contribution is 0.0645. The van der Waals surface area contributed by atoms with Gasteiger partial charge < -0.3 is 9.63 Å². The largest absolute Gasteiger partial charge is 0.467 e. The van der Waals surface area contributed by atoms with Gasteiger partial charge in [0.1, 0.15) is 12.3 Å². The minimum absolute atomic E-state index is 0.0245. The Bertz CT molecular complexity index is 425. The van der Waals surface area contributed by atoms with Gasteiger partial charge in [-0.15, -0.1) is 0 Å². The predicted molar refractivity (Wildman–Crippen MR) is 121 cm³/mol. The molecule has 1 N–H and O–H groups in total. The van der Waals surface area contributed by atoms with Gasteiger partial charge in [-0.2, -0.15) is 0 Å². The van der Waals surface area contributed by atoms with Crippen LogP contribution in [0.5, 0.6) is 0 Å². The molecule has 1 aliphatic carbocycles. The van der Waals surface area contributed by atoms with E-state index in [1.807, 2.05) is 0 Å². The maximum atomic E-state index is 14.8. The number of alkyl halides is 1. The zero-order valence-corrected chi connectivity index (χ0v) is 20.6. The number of hydrogen-bond donors (Lipinski definition) is 1. The molecule has 6 heteroatoms. The van der Waals surface area contributed by atoms with Gasteiger partial charge in [-0.25, -0.2) is 8.82 Å². The Balaban J connectivity index is 2.70. The highest BCUT2D eigenvalue weighted by atomic mass is 31.0. The first kappa shape index (κ1) is 26.2. The molecule has 0 radical (unpaired) electrons. The molecule has 1 rings (SSSR count). The number of allylic oxidation sites excluding steroid dienone is 2. The molecule has 1 fully saturated rings. The van der Waals surface area contributed by atoms with Crippen LogP contribution in [-0.2, 0) is 8.95 Å². The van der Waals surface area contributed by atoms with Crippen molar-refractivity contribution in [3.63, 3.8) is 0 Å². The van der Waals surface area contributed by atoms with Crippen molar-refractivity contribution in [2.75, 3.05) is 0 Å². The fourth-order valence-electron chi connectivity index (χ4n) is 4.29. The van der Waals surface area contributed by atoms with E-state index in [1.54, 1.807) is 0 Å². The third kappa shape index (κ3) is 9.34. The maximum Gasteiger partial charge on any atom is 0.467 e. The zero-order chi connectivity index (χ0) is 20.9. The smallest absolute Gasteiger partial charge is 0.393 e. The highest BCUT2D eigenvalue weighted by Crippen LogP contribution is 2.41. The van der Waals surface area contributed by atoms with Crippen molar-refractivity contribution in [3.05, 3.63) is 12.2 Å². The van der Waals surface area contributed by atoms with Crippen LogP contribution in [0.4, 0.5) is 4.39 Å². The highest BCUT2D eigenvalue weighted by Gasteiger charge is 2.42. The van der Waals surface area contributed by atoms with E-state index < -0.39 is 15.2 Å². The molecule has 6 unspecified atom stereocenters. The third-order valence-corrected chi connectivity index (χ3v) is 7.00. The topological polar surface area (TPSA) is 38.7 Å². The van der Waals surface area contributed by atoms with E-state index in [-0.39, 0.29) is 30.1 Å². The molecule has 7 atom stereocenters. The molecule has 0 spiro atoms. The van der Waals surface area contributed by atoms with Gasteiger partial charge in [-0.1, -0.05) is 51.7 Å². The minimum Gasteiger partial charge on any atom is -0.393 e. The summed E-state index contributed by atoms with van der Waals surface area (Å²) in [6, 6.07) is 0. The molecule has 0 heterocycles. The van der Waals surface area contributed by atoms with Gasteiger partial charge in [0.25, 0.3) is 0 Å². The van der Waals surface area contributed by atoms with E-state index in [0.717, 1.165) is 32.1 Å². The van der Waals surface area contributed by atoms with E-state index >= 15 is 0 Å². The van der Waals surface area contributed by atoms with E-state index in [4.69, 9.17) is 8.95 Å². The molecule has 0 saturated heterocycles. The summed E-state index contributed by atoms with van der Waals surface area (Å²) in [5.74, 6) is 0.433. The second-order valence-corrected chi connectivity index (χ2v) is 10.8. The van der Waals surface area contributed by atoms with Crippen molar-refractivity contribution in [1.82, 2.24) is 0 Å². The van der Waals surface area contributed by atoms with Crippen molar-refractivity contribution < 1.29 is 18.4 Å². The monoisotopic (exact) mass is 433 g/mol. The van der Waals surface area contributed by atoms with E-state index in [2.05, 4.69) is 48.6 Å². The lowest BCUT2D eigenvalue weighted by atomic mass is 9.85. The van der Waals surface area contributed by atoms with Crippen LogP contribution in [0.3, 0.4) is 0 Å². The predicted octanol–water partition coefficient (Wildman–Crippen LogP) is 6.24. The number of aliphatic hydroxyl groups is 1. The molecule has 0 bridgehead atoms. The van der Waals surface area contributed by atoms with Gasteiger partial charge in [0.2, 0.25) is 0 Å². The van der Waals surface area contributed by atoms with Crippen LogP contribution in [-0.4, -0.2) is 38.6 Å². The molecule has 0 amide bonds. The maximum absolute atomic E-state index is 14.8. The molecule has 0 aromatic heterocycles. The van der Waals surface area contributed by atoms with Gasteiger partial charge in [0, 0.05) is 15.9 Å².